The second kappa shape index (κ2) is 7.31. The Morgan fingerprint density at radius 2 is 1.75 bits per heavy atom. The van der Waals surface area contributed by atoms with Crippen molar-refractivity contribution in [1.82, 2.24) is 4.31 Å². The van der Waals surface area contributed by atoms with Crippen LogP contribution in [0.3, 0.4) is 0 Å². The Bertz CT molecular complexity index is 995. The summed E-state index contributed by atoms with van der Waals surface area (Å²) in [5, 5.41) is 0. The maximum Gasteiger partial charge on any atom is 0.258 e. The van der Waals surface area contributed by atoms with E-state index in [1.54, 1.807) is 23.1 Å². The highest BCUT2D eigenvalue weighted by atomic mass is 32.2. The van der Waals surface area contributed by atoms with Gasteiger partial charge in [0.1, 0.15) is 0 Å². The Balaban J connectivity index is 1.62. The van der Waals surface area contributed by atoms with Crippen LogP contribution < -0.4 is 4.90 Å². The van der Waals surface area contributed by atoms with E-state index in [9.17, 15) is 13.2 Å². The number of benzene rings is 2. The molecule has 4 rings (SSSR count). The monoisotopic (exact) mass is 400 g/mol. The molecule has 2 aromatic carbocycles. The third kappa shape index (κ3) is 3.45. The third-order valence-corrected chi connectivity index (χ3v) is 7.06. The van der Waals surface area contributed by atoms with Gasteiger partial charge in [-0.05, 0) is 50.1 Å². The van der Waals surface area contributed by atoms with E-state index < -0.39 is 10.0 Å². The van der Waals surface area contributed by atoms with E-state index >= 15 is 0 Å². The summed E-state index contributed by atoms with van der Waals surface area (Å²) in [6.45, 7) is 4.95. The number of amides is 1. The fourth-order valence-electron chi connectivity index (χ4n) is 3.97. The van der Waals surface area contributed by atoms with Gasteiger partial charge in [-0.15, -0.1) is 0 Å². The third-order valence-electron chi connectivity index (χ3n) is 5.24. The van der Waals surface area contributed by atoms with Crippen LogP contribution in [0.4, 0.5) is 5.69 Å². The number of morpholine rings is 1. The molecule has 1 saturated heterocycles. The fraction of sp³-hybridized carbons (Fsp3) is 0.381. The van der Waals surface area contributed by atoms with Gasteiger partial charge in [0.05, 0.1) is 17.1 Å². The maximum absolute atomic E-state index is 13.1. The predicted molar refractivity (Wildman–Crippen MR) is 107 cm³/mol. The molecule has 0 radical (unpaired) electrons. The molecule has 7 heteroatoms. The highest BCUT2D eigenvalue weighted by molar-refractivity contribution is 7.89. The maximum atomic E-state index is 13.1. The smallest absolute Gasteiger partial charge is 0.258 e. The lowest BCUT2D eigenvalue weighted by Crippen LogP contribution is -2.48. The summed E-state index contributed by atoms with van der Waals surface area (Å²) < 4.78 is 33.3. The van der Waals surface area contributed by atoms with E-state index in [0.717, 1.165) is 17.7 Å². The number of hydrogen-bond donors (Lipinski definition) is 0. The number of hydrogen-bond acceptors (Lipinski definition) is 4. The first-order valence-corrected chi connectivity index (χ1v) is 11.0. The number of para-hydroxylation sites is 1. The Hall–Kier alpha value is -2.22. The van der Waals surface area contributed by atoms with E-state index in [1.165, 1.54) is 10.4 Å². The molecule has 2 atom stereocenters. The first-order valence-electron chi connectivity index (χ1n) is 9.51. The molecule has 0 aromatic heterocycles. The van der Waals surface area contributed by atoms with Crippen LogP contribution in [0.25, 0.3) is 0 Å². The summed E-state index contributed by atoms with van der Waals surface area (Å²) in [5.74, 6) is -0.175. The zero-order valence-corrected chi connectivity index (χ0v) is 16.9. The van der Waals surface area contributed by atoms with E-state index in [0.29, 0.717) is 25.2 Å². The van der Waals surface area contributed by atoms with Crippen LogP contribution in [-0.4, -0.2) is 50.5 Å². The number of nitrogens with zero attached hydrogens (tertiary/aromatic N) is 2. The van der Waals surface area contributed by atoms with Crippen LogP contribution in [0.2, 0.25) is 0 Å². The van der Waals surface area contributed by atoms with Gasteiger partial charge in [-0.2, -0.15) is 4.31 Å². The molecule has 0 bridgehead atoms. The normalized spacial score (nSPS) is 22.9. The van der Waals surface area contributed by atoms with Crippen LogP contribution in [0, 0.1) is 0 Å². The van der Waals surface area contributed by atoms with Crippen molar-refractivity contribution in [2.24, 2.45) is 0 Å². The largest absolute Gasteiger partial charge is 0.373 e. The van der Waals surface area contributed by atoms with Gasteiger partial charge in [-0.1, -0.05) is 24.3 Å². The average Bonchev–Trinajstić information content (AvgIpc) is 3.11. The molecular weight excluding hydrogens is 376 g/mol. The highest BCUT2D eigenvalue weighted by Crippen LogP contribution is 2.29. The van der Waals surface area contributed by atoms with Gasteiger partial charge in [-0.25, -0.2) is 8.42 Å². The average molecular weight is 401 g/mol. The van der Waals surface area contributed by atoms with Gasteiger partial charge in [0, 0.05) is 30.9 Å². The van der Waals surface area contributed by atoms with Crippen LogP contribution in [0.15, 0.2) is 53.4 Å². The number of carbonyl (C=O) groups excluding carboxylic acids is 1. The molecule has 2 aliphatic heterocycles. The van der Waals surface area contributed by atoms with Crippen molar-refractivity contribution in [3.8, 4) is 0 Å². The van der Waals surface area contributed by atoms with Crippen LogP contribution in [-0.2, 0) is 21.2 Å². The van der Waals surface area contributed by atoms with Crippen LogP contribution >= 0.6 is 0 Å². The minimum atomic E-state index is -3.69. The summed E-state index contributed by atoms with van der Waals surface area (Å²) in [6.07, 6.45) is 0.484. The molecular formula is C21H24N2O4S. The van der Waals surface area contributed by atoms with E-state index in [2.05, 4.69) is 0 Å². The number of rotatable bonds is 3. The fourth-order valence-corrected chi connectivity index (χ4v) is 5.61. The summed E-state index contributed by atoms with van der Waals surface area (Å²) in [4.78, 5) is 14.9. The van der Waals surface area contributed by atoms with Crippen molar-refractivity contribution < 1.29 is 17.9 Å². The molecule has 1 amide bonds. The lowest BCUT2D eigenvalue weighted by atomic mass is 10.1. The molecule has 6 nitrogen and oxygen atoms in total. The molecule has 0 N–H and O–H groups in total. The molecule has 0 spiro atoms. The number of carbonyl (C=O) groups is 1. The second-order valence-corrected chi connectivity index (χ2v) is 9.38. The quantitative estimate of drug-likeness (QED) is 0.795. The van der Waals surface area contributed by atoms with Crippen molar-refractivity contribution in [3.63, 3.8) is 0 Å². The van der Waals surface area contributed by atoms with Gasteiger partial charge < -0.3 is 9.64 Å². The first-order chi connectivity index (χ1) is 13.4. The lowest BCUT2D eigenvalue weighted by molar-refractivity contribution is -0.0440. The Labute approximate surface area is 165 Å². The van der Waals surface area contributed by atoms with Crippen molar-refractivity contribution in [2.45, 2.75) is 37.4 Å². The summed E-state index contributed by atoms with van der Waals surface area (Å²) in [6, 6.07) is 14.2. The molecule has 2 heterocycles. The van der Waals surface area contributed by atoms with Gasteiger partial charge >= 0.3 is 0 Å². The zero-order chi connectivity index (χ0) is 19.9. The number of anilines is 1. The van der Waals surface area contributed by atoms with Gasteiger partial charge in [-0.3, -0.25) is 4.79 Å². The van der Waals surface area contributed by atoms with Gasteiger partial charge in [0.2, 0.25) is 10.0 Å². The lowest BCUT2D eigenvalue weighted by Gasteiger charge is -2.34. The Kier molecular flexibility index (Phi) is 4.99. The van der Waals surface area contributed by atoms with Crippen LogP contribution in [0.1, 0.15) is 29.8 Å². The summed E-state index contributed by atoms with van der Waals surface area (Å²) >= 11 is 0. The molecule has 1 fully saturated rings. The minimum Gasteiger partial charge on any atom is -0.373 e. The molecule has 2 aliphatic rings. The van der Waals surface area contributed by atoms with Crippen LogP contribution in [0.5, 0.6) is 0 Å². The second-order valence-electron chi connectivity index (χ2n) is 7.44. The van der Waals surface area contributed by atoms with Crippen molar-refractivity contribution >= 4 is 21.6 Å². The Morgan fingerprint density at radius 3 is 2.50 bits per heavy atom. The van der Waals surface area contributed by atoms with Crippen molar-refractivity contribution in [3.05, 3.63) is 59.7 Å². The molecule has 0 aliphatic carbocycles. The molecule has 2 aromatic rings. The van der Waals surface area contributed by atoms with Crippen molar-refractivity contribution in [1.29, 1.82) is 0 Å². The van der Waals surface area contributed by atoms with Gasteiger partial charge in [0.15, 0.2) is 0 Å². The first kappa shape index (κ1) is 19.1. The number of ether oxygens (including phenoxy) is 1. The number of sulfonamides is 1. The molecule has 0 saturated carbocycles. The van der Waals surface area contributed by atoms with Crippen molar-refractivity contribution in [2.75, 3.05) is 24.5 Å². The van der Waals surface area contributed by atoms with E-state index in [4.69, 9.17) is 4.74 Å². The number of fused-ring (bicyclic) bond motifs is 1. The molecule has 2 unspecified atom stereocenters. The van der Waals surface area contributed by atoms with E-state index in [1.807, 2.05) is 38.1 Å². The summed E-state index contributed by atoms with van der Waals surface area (Å²) in [5.41, 5.74) is 2.42. The molecule has 148 valence electrons. The van der Waals surface area contributed by atoms with Gasteiger partial charge in [0.25, 0.3) is 5.91 Å². The zero-order valence-electron chi connectivity index (χ0n) is 16.0. The minimum absolute atomic E-state index is 0.145. The van der Waals surface area contributed by atoms with E-state index in [-0.39, 0.29) is 23.0 Å². The topological polar surface area (TPSA) is 66.9 Å². The summed E-state index contributed by atoms with van der Waals surface area (Å²) in [7, 11) is -3.69. The predicted octanol–water partition coefficient (Wildman–Crippen LogP) is 2.69. The highest BCUT2D eigenvalue weighted by Gasteiger charge is 2.33. The SMILES string of the molecule is CC1CN(S(=O)(=O)c2cccc(C(=O)N3CCc4ccccc43)c2)CC(C)O1. The molecule has 28 heavy (non-hydrogen) atoms. The standard InChI is InChI=1S/C21H24N2O4S/c1-15-13-22(14-16(2)27-15)28(25,26)19-8-5-7-18(12-19)21(24)23-11-10-17-6-3-4-9-20(17)23/h3-9,12,15-16H,10-11,13-14H2,1-2H3. The Morgan fingerprint density at radius 1 is 1.04 bits per heavy atom.